The van der Waals surface area contributed by atoms with Crippen molar-refractivity contribution in [2.75, 3.05) is 6.54 Å². The number of carbonyl (C=O) groups is 1. The maximum Gasteiger partial charge on any atom is 0.227 e. The zero-order valence-corrected chi connectivity index (χ0v) is 10.5. The summed E-state index contributed by atoms with van der Waals surface area (Å²) < 4.78 is 0. The average Bonchev–Trinajstić information content (AvgIpc) is 3.16. The number of hydrogen-bond acceptors (Lipinski definition) is 1. The van der Waals surface area contributed by atoms with Crippen LogP contribution < -0.4 is 5.32 Å². The van der Waals surface area contributed by atoms with E-state index in [4.69, 9.17) is 0 Å². The Morgan fingerprint density at radius 3 is 2.65 bits per heavy atom. The van der Waals surface area contributed by atoms with Crippen molar-refractivity contribution >= 4 is 5.91 Å². The minimum absolute atomic E-state index is 0.0769. The van der Waals surface area contributed by atoms with Crippen molar-refractivity contribution in [2.24, 2.45) is 5.92 Å². The fourth-order valence-corrected chi connectivity index (χ4v) is 2.23. The lowest BCUT2D eigenvalue weighted by Crippen LogP contribution is -2.31. The molecule has 0 aromatic heterocycles. The fourth-order valence-electron chi connectivity index (χ4n) is 2.23. The highest BCUT2D eigenvalue weighted by molar-refractivity contribution is 5.84. The van der Waals surface area contributed by atoms with Crippen molar-refractivity contribution in [2.45, 2.75) is 38.5 Å². The predicted octanol–water partition coefficient (Wildman–Crippen LogP) is 3.10. The maximum atomic E-state index is 12.2. The molecule has 1 amide bonds. The second-order valence-electron chi connectivity index (χ2n) is 4.87. The first kappa shape index (κ1) is 12.2. The molecule has 1 atom stereocenters. The van der Waals surface area contributed by atoms with Crippen LogP contribution in [-0.2, 0) is 4.79 Å². The van der Waals surface area contributed by atoms with Gasteiger partial charge in [0.2, 0.25) is 5.91 Å². The molecule has 0 radical (unpaired) electrons. The van der Waals surface area contributed by atoms with Crippen LogP contribution in [0.2, 0.25) is 0 Å². The number of rotatable bonds is 6. The van der Waals surface area contributed by atoms with E-state index in [2.05, 4.69) is 24.4 Å². The highest BCUT2D eigenvalue weighted by Gasteiger charge is 2.36. The molecule has 1 saturated carbocycles. The first-order valence-corrected chi connectivity index (χ1v) is 6.65. The summed E-state index contributed by atoms with van der Waals surface area (Å²) in [5, 5.41) is 3.06. The molecule has 1 aromatic carbocycles. The molecule has 1 aromatic rings. The van der Waals surface area contributed by atoms with E-state index in [1.807, 2.05) is 18.2 Å². The second kappa shape index (κ2) is 5.85. The molecule has 2 nitrogen and oxygen atoms in total. The maximum absolute atomic E-state index is 12.2. The summed E-state index contributed by atoms with van der Waals surface area (Å²) in [6.07, 6.45) is 4.58. The average molecular weight is 231 g/mol. The molecule has 1 aliphatic rings. The molecule has 0 heterocycles. The van der Waals surface area contributed by atoms with Crippen LogP contribution in [0, 0.1) is 5.92 Å². The molecule has 1 fully saturated rings. The smallest absolute Gasteiger partial charge is 0.227 e. The van der Waals surface area contributed by atoms with Crippen LogP contribution in [0.15, 0.2) is 30.3 Å². The van der Waals surface area contributed by atoms with E-state index in [1.54, 1.807) is 0 Å². The van der Waals surface area contributed by atoms with Crippen LogP contribution in [0.5, 0.6) is 0 Å². The standard InChI is InChI=1S/C15H21NO/c1-2-3-11-16-15(17)14(13-9-10-13)12-7-5-4-6-8-12/h4-8,13-14H,2-3,9-11H2,1H3,(H,16,17). The molecule has 0 saturated heterocycles. The number of benzene rings is 1. The number of hydrogen-bond donors (Lipinski definition) is 1. The van der Waals surface area contributed by atoms with Gasteiger partial charge >= 0.3 is 0 Å². The minimum atomic E-state index is 0.0769. The van der Waals surface area contributed by atoms with Gasteiger partial charge in [0.15, 0.2) is 0 Å². The second-order valence-corrected chi connectivity index (χ2v) is 4.87. The lowest BCUT2D eigenvalue weighted by Gasteiger charge is -2.16. The molecular formula is C15H21NO. The van der Waals surface area contributed by atoms with E-state index in [-0.39, 0.29) is 11.8 Å². The summed E-state index contributed by atoms with van der Waals surface area (Å²) in [6.45, 7) is 2.95. The Kier molecular flexibility index (Phi) is 4.18. The van der Waals surface area contributed by atoms with Gasteiger partial charge in [0.1, 0.15) is 0 Å². The SMILES string of the molecule is CCCCNC(=O)C(c1ccccc1)C1CC1. The molecule has 2 heteroatoms. The molecule has 1 N–H and O–H groups in total. The number of carbonyl (C=O) groups excluding carboxylic acids is 1. The quantitative estimate of drug-likeness (QED) is 0.749. The lowest BCUT2D eigenvalue weighted by molar-refractivity contribution is -0.123. The summed E-state index contributed by atoms with van der Waals surface area (Å²) in [6, 6.07) is 10.2. The largest absolute Gasteiger partial charge is 0.356 e. The Morgan fingerprint density at radius 2 is 2.06 bits per heavy atom. The first-order valence-electron chi connectivity index (χ1n) is 6.65. The van der Waals surface area contributed by atoms with Crippen LogP contribution in [0.25, 0.3) is 0 Å². The van der Waals surface area contributed by atoms with Crippen molar-refractivity contribution < 1.29 is 4.79 Å². The van der Waals surface area contributed by atoms with Crippen LogP contribution >= 0.6 is 0 Å². The molecule has 1 unspecified atom stereocenters. The van der Waals surface area contributed by atoms with Gasteiger partial charge in [-0.15, -0.1) is 0 Å². The van der Waals surface area contributed by atoms with Gasteiger partial charge in [-0.1, -0.05) is 43.7 Å². The first-order chi connectivity index (χ1) is 8.33. The van der Waals surface area contributed by atoms with Gasteiger partial charge in [0, 0.05) is 6.54 Å². The lowest BCUT2D eigenvalue weighted by atomic mass is 9.93. The molecule has 0 bridgehead atoms. The van der Waals surface area contributed by atoms with Gasteiger partial charge in [0.05, 0.1) is 5.92 Å². The molecule has 2 rings (SSSR count). The van der Waals surface area contributed by atoms with Crippen LogP contribution in [-0.4, -0.2) is 12.5 Å². The number of unbranched alkanes of at least 4 members (excludes halogenated alkanes) is 1. The van der Waals surface area contributed by atoms with Gasteiger partial charge in [-0.05, 0) is 30.7 Å². The number of nitrogens with one attached hydrogen (secondary N) is 1. The molecule has 0 spiro atoms. The van der Waals surface area contributed by atoms with Gasteiger partial charge in [0.25, 0.3) is 0 Å². The summed E-state index contributed by atoms with van der Waals surface area (Å²) in [5.74, 6) is 0.860. The van der Waals surface area contributed by atoms with Gasteiger partial charge in [-0.3, -0.25) is 4.79 Å². The third kappa shape index (κ3) is 3.32. The highest BCUT2D eigenvalue weighted by Crippen LogP contribution is 2.42. The van der Waals surface area contributed by atoms with Crippen molar-refractivity contribution in [3.8, 4) is 0 Å². The minimum Gasteiger partial charge on any atom is -0.356 e. The van der Waals surface area contributed by atoms with Gasteiger partial charge in [-0.25, -0.2) is 0 Å². The highest BCUT2D eigenvalue weighted by atomic mass is 16.1. The Morgan fingerprint density at radius 1 is 1.35 bits per heavy atom. The van der Waals surface area contributed by atoms with Crippen LogP contribution in [0.4, 0.5) is 0 Å². The predicted molar refractivity (Wildman–Crippen MR) is 69.8 cm³/mol. The van der Waals surface area contributed by atoms with E-state index >= 15 is 0 Å². The number of amides is 1. The molecule has 1 aliphatic carbocycles. The normalized spacial score (nSPS) is 16.5. The Balaban J connectivity index is 2.00. The monoisotopic (exact) mass is 231 g/mol. The van der Waals surface area contributed by atoms with Gasteiger partial charge in [-0.2, -0.15) is 0 Å². The molecule has 92 valence electrons. The van der Waals surface area contributed by atoms with E-state index < -0.39 is 0 Å². The van der Waals surface area contributed by atoms with Crippen molar-refractivity contribution in [1.82, 2.24) is 5.32 Å². The topological polar surface area (TPSA) is 29.1 Å². The van der Waals surface area contributed by atoms with Crippen molar-refractivity contribution in [1.29, 1.82) is 0 Å². The third-order valence-corrected chi connectivity index (χ3v) is 3.36. The zero-order chi connectivity index (χ0) is 12.1. The van der Waals surface area contributed by atoms with E-state index in [0.717, 1.165) is 19.4 Å². The van der Waals surface area contributed by atoms with Gasteiger partial charge < -0.3 is 5.32 Å². The fraction of sp³-hybridized carbons (Fsp3) is 0.533. The molecule has 17 heavy (non-hydrogen) atoms. The zero-order valence-electron chi connectivity index (χ0n) is 10.5. The molecular weight excluding hydrogens is 210 g/mol. The summed E-state index contributed by atoms with van der Waals surface area (Å²) in [7, 11) is 0. The van der Waals surface area contributed by atoms with Crippen LogP contribution in [0.1, 0.15) is 44.1 Å². The Labute approximate surface area is 103 Å². The van der Waals surface area contributed by atoms with E-state index in [1.165, 1.54) is 18.4 Å². The summed E-state index contributed by atoms with van der Waals surface area (Å²) in [4.78, 5) is 12.2. The third-order valence-electron chi connectivity index (χ3n) is 3.36. The summed E-state index contributed by atoms with van der Waals surface area (Å²) in [5.41, 5.74) is 1.17. The van der Waals surface area contributed by atoms with Crippen molar-refractivity contribution in [3.05, 3.63) is 35.9 Å². The van der Waals surface area contributed by atoms with Crippen LogP contribution in [0.3, 0.4) is 0 Å². The van der Waals surface area contributed by atoms with E-state index in [9.17, 15) is 4.79 Å². The summed E-state index contributed by atoms with van der Waals surface area (Å²) >= 11 is 0. The van der Waals surface area contributed by atoms with E-state index in [0.29, 0.717) is 5.92 Å². The van der Waals surface area contributed by atoms with Crippen molar-refractivity contribution in [3.63, 3.8) is 0 Å². The Hall–Kier alpha value is -1.31. The Bertz CT molecular complexity index is 356. The molecule has 0 aliphatic heterocycles.